The molecule has 1 rings (SSSR count). The van der Waals surface area contributed by atoms with E-state index in [2.05, 4.69) is 5.32 Å². The fourth-order valence-corrected chi connectivity index (χ4v) is 1.76. The van der Waals surface area contributed by atoms with Crippen LogP contribution in [0.1, 0.15) is 27.2 Å². The minimum absolute atomic E-state index is 0.116. The summed E-state index contributed by atoms with van der Waals surface area (Å²) in [5.41, 5.74) is 0.901. The first-order chi connectivity index (χ1) is 9.08. The standard InChI is InChI=1S/C15H23NO3/c1-5-12(15(17)18-4)10-16-13-8-6-7-9-14(13)19-11(2)3/h6-9,11-12,16H,5,10H2,1-4H3. The van der Waals surface area contributed by atoms with Crippen molar-refractivity contribution in [3.8, 4) is 5.75 Å². The van der Waals surface area contributed by atoms with Gasteiger partial charge in [-0.3, -0.25) is 4.79 Å². The Morgan fingerprint density at radius 2 is 2.00 bits per heavy atom. The lowest BCUT2D eigenvalue weighted by atomic mass is 10.1. The highest BCUT2D eigenvalue weighted by Gasteiger charge is 2.17. The van der Waals surface area contributed by atoms with Crippen molar-refractivity contribution in [3.63, 3.8) is 0 Å². The monoisotopic (exact) mass is 265 g/mol. The molecule has 1 atom stereocenters. The van der Waals surface area contributed by atoms with Gasteiger partial charge in [-0.15, -0.1) is 0 Å². The van der Waals surface area contributed by atoms with E-state index >= 15 is 0 Å². The van der Waals surface area contributed by atoms with Crippen LogP contribution in [0.25, 0.3) is 0 Å². The molecule has 0 aliphatic rings. The van der Waals surface area contributed by atoms with E-state index in [9.17, 15) is 4.79 Å². The third-order valence-corrected chi connectivity index (χ3v) is 2.82. The van der Waals surface area contributed by atoms with Crippen LogP contribution >= 0.6 is 0 Å². The molecule has 4 nitrogen and oxygen atoms in total. The van der Waals surface area contributed by atoms with Crippen LogP contribution in [0, 0.1) is 5.92 Å². The number of para-hydroxylation sites is 2. The van der Waals surface area contributed by atoms with Gasteiger partial charge in [-0.1, -0.05) is 19.1 Å². The highest BCUT2D eigenvalue weighted by atomic mass is 16.5. The van der Waals surface area contributed by atoms with E-state index < -0.39 is 0 Å². The van der Waals surface area contributed by atoms with Crippen LogP contribution in [0.4, 0.5) is 5.69 Å². The summed E-state index contributed by atoms with van der Waals surface area (Å²) in [7, 11) is 1.42. The molecule has 0 bridgehead atoms. The fourth-order valence-electron chi connectivity index (χ4n) is 1.76. The highest BCUT2D eigenvalue weighted by molar-refractivity contribution is 5.73. The van der Waals surface area contributed by atoms with Crippen LogP contribution in [0.15, 0.2) is 24.3 Å². The van der Waals surface area contributed by atoms with Gasteiger partial charge < -0.3 is 14.8 Å². The summed E-state index contributed by atoms with van der Waals surface area (Å²) < 4.78 is 10.5. The van der Waals surface area contributed by atoms with E-state index in [0.717, 1.165) is 17.9 Å². The maximum absolute atomic E-state index is 11.5. The van der Waals surface area contributed by atoms with E-state index in [1.54, 1.807) is 0 Å². The molecule has 0 amide bonds. The van der Waals surface area contributed by atoms with E-state index in [0.29, 0.717) is 6.54 Å². The zero-order valence-corrected chi connectivity index (χ0v) is 12.1. The molecule has 1 aromatic carbocycles. The largest absolute Gasteiger partial charge is 0.489 e. The molecule has 0 fully saturated rings. The molecule has 0 radical (unpaired) electrons. The molecule has 0 spiro atoms. The Balaban J connectivity index is 2.68. The van der Waals surface area contributed by atoms with Gasteiger partial charge in [0.25, 0.3) is 0 Å². The van der Waals surface area contributed by atoms with E-state index in [-0.39, 0.29) is 18.0 Å². The van der Waals surface area contributed by atoms with Gasteiger partial charge in [0, 0.05) is 6.54 Å². The van der Waals surface area contributed by atoms with Crippen LogP contribution in [-0.4, -0.2) is 25.7 Å². The predicted octanol–water partition coefficient (Wildman–Crippen LogP) is 3.08. The number of nitrogens with one attached hydrogen (secondary N) is 1. The quantitative estimate of drug-likeness (QED) is 0.770. The lowest BCUT2D eigenvalue weighted by Crippen LogP contribution is -2.24. The van der Waals surface area contributed by atoms with Gasteiger partial charge in [0.05, 0.1) is 24.8 Å². The number of carbonyl (C=O) groups excluding carboxylic acids is 1. The molecule has 0 saturated carbocycles. The fraction of sp³-hybridized carbons (Fsp3) is 0.533. The average Bonchev–Trinajstić information content (AvgIpc) is 2.40. The Labute approximate surface area is 115 Å². The van der Waals surface area contributed by atoms with Crippen LogP contribution in [0.3, 0.4) is 0 Å². The third kappa shape index (κ3) is 4.81. The number of esters is 1. The van der Waals surface area contributed by atoms with E-state index in [1.807, 2.05) is 45.0 Å². The predicted molar refractivity (Wildman–Crippen MR) is 76.5 cm³/mol. The Bertz CT molecular complexity index is 404. The number of hydrogen-bond donors (Lipinski definition) is 1. The van der Waals surface area contributed by atoms with Crippen molar-refractivity contribution >= 4 is 11.7 Å². The van der Waals surface area contributed by atoms with Crippen LogP contribution in [0.2, 0.25) is 0 Å². The van der Waals surface area contributed by atoms with Crippen molar-refractivity contribution in [2.75, 3.05) is 19.0 Å². The zero-order chi connectivity index (χ0) is 14.3. The molecule has 1 aromatic rings. The molecule has 19 heavy (non-hydrogen) atoms. The van der Waals surface area contributed by atoms with Crippen molar-refractivity contribution in [1.29, 1.82) is 0 Å². The van der Waals surface area contributed by atoms with Gasteiger partial charge in [0.2, 0.25) is 0 Å². The normalized spacial score (nSPS) is 12.1. The molecule has 1 unspecified atom stereocenters. The lowest BCUT2D eigenvalue weighted by molar-refractivity contribution is -0.145. The van der Waals surface area contributed by atoms with E-state index in [4.69, 9.17) is 9.47 Å². The summed E-state index contributed by atoms with van der Waals surface area (Å²) in [4.78, 5) is 11.5. The van der Waals surface area contributed by atoms with Crippen LogP contribution in [0.5, 0.6) is 5.75 Å². The second kappa shape index (κ2) is 7.67. The first-order valence-corrected chi connectivity index (χ1v) is 6.65. The summed E-state index contributed by atoms with van der Waals surface area (Å²) >= 11 is 0. The second-order valence-corrected chi connectivity index (χ2v) is 4.67. The molecule has 4 heteroatoms. The second-order valence-electron chi connectivity index (χ2n) is 4.67. The number of anilines is 1. The Kier molecular flexibility index (Phi) is 6.19. The molecular weight excluding hydrogens is 242 g/mol. The molecular formula is C15H23NO3. The zero-order valence-electron chi connectivity index (χ0n) is 12.1. The van der Waals surface area contributed by atoms with Gasteiger partial charge in [-0.05, 0) is 32.4 Å². The summed E-state index contributed by atoms with van der Waals surface area (Å²) in [5, 5.41) is 3.26. The molecule has 1 N–H and O–H groups in total. The van der Waals surface area contributed by atoms with Crippen molar-refractivity contribution in [2.45, 2.75) is 33.3 Å². The number of methoxy groups -OCH3 is 1. The number of carbonyl (C=O) groups is 1. The van der Waals surface area contributed by atoms with Crippen molar-refractivity contribution in [1.82, 2.24) is 0 Å². The first kappa shape index (κ1) is 15.3. The molecule has 0 heterocycles. The maximum atomic E-state index is 11.5. The molecule has 0 aliphatic heterocycles. The summed E-state index contributed by atoms with van der Waals surface area (Å²) in [6.45, 7) is 6.49. The number of hydrogen-bond acceptors (Lipinski definition) is 4. The Morgan fingerprint density at radius 1 is 1.32 bits per heavy atom. The summed E-state index contributed by atoms with van der Waals surface area (Å²) in [5.74, 6) is 0.478. The summed E-state index contributed by atoms with van der Waals surface area (Å²) in [6.07, 6.45) is 0.859. The first-order valence-electron chi connectivity index (χ1n) is 6.65. The van der Waals surface area contributed by atoms with Crippen molar-refractivity contribution < 1.29 is 14.3 Å². The molecule has 0 aliphatic carbocycles. The Hall–Kier alpha value is -1.71. The maximum Gasteiger partial charge on any atom is 0.310 e. The molecule has 0 saturated heterocycles. The number of benzene rings is 1. The minimum atomic E-state index is -0.183. The smallest absolute Gasteiger partial charge is 0.310 e. The van der Waals surface area contributed by atoms with Gasteiger partial charge in [0.1, 0.15) is 5.75 Å². The summed E-state index contributed by atoms with van der Waals surface area (Å²) in [6, 6.07) is 7.73. The topological polar surface area (TPSA) is 47.6 Å². The SMILES string of the molecule is CCC(CNc1ccccc1OC(C)C)C(=O)OC. The minimum Gasteiger partial charge on any atom is -0.489 e. The number of rotatable bonds is 7. The van der Waals surface area contributed by atoms with Gasteiger partial charge in [-0.25, -0.2) is 0 Å². The van der Waals surface area contributed by atoms with Crippen LogP contribution in [-0.2, 0) is 9.53 Å². The molecule has 0 aromatic heterocycles. The number of ether oxygens (including phenoxy) is 2. The van der Waals surface area contributed by atoms with Gasteiger partial charge >= 0.3 is 5.97 Å². The van der Waals surface area contributed by atoms with Gasteiger partial charge in [-0.2, -0.15) is 0 Å². The highest BCUT2D eigenvalue weighted by Crippen LogP contribution is 2.25. The van der Waals surface area contributed by atoms with Gasteiger partial charge in [0.15, 0.2) is 0 Å². The third-order valence-electron chi connectivity index (χ3n) is 2.82. The average molecular weight is 265 g/mol. The Morgan fingerprint density at radius 3 is 2.58 bits per heavy atom. The van der Waals surface area contributed by atoms with Crippen molar-refractivity contribution in [3.05, 3.63) is 24.3 Å². The molecule has 106 valence electrons. The van der Waals surface area contributed by atoms with Crippen molar-refractivity contribution in [2.24, 2.45) is 5.92 Å². The van der Waals surface area contributed by atoms with Crippen LogP contribution < -0.4 is 10.1 Å². The lowest BCUT2D eigenvalue weighted by Gasteiger charge is -2.18. The van der Waals surface area contributed by atoms with E-state index in [1.165, 1.54) is 7.11 Å².